The lowest BCUT2D eigenvalue weighted by Crippen LogP contribution is -2.33. The highest BCUT2D eigenvalue weighted by Crippen LogP contribution is 2.28. The van der Waals surface area contributed by atoms with Gasteiger partial charge in [0.05, 0.1) is 30.4 Å². The number of carbonyl (C=O) groups is 2. The van der Waals surface area contributed by atoms with Gasteiger partial charge in [0.25, 0.3) is 5.69 Å². The van der Waals surface area contributed by atoms with Crippen LogP contribution in [0.1, 0.15) is 6.92 Å². The maximum atomic E-state index is 11.6. The number of thiocarbonyl (C=S) groups is 1. The van der Waals surface area contributed by atoms with E-state index in [-0.39, 0.29) is 23.2 Å². The van der Waals surface area contributed by atoms with Crippen LogP contribution in [-0.4, -0.2) is 35.6 Å². The number of non-ortho nitro benzene ring substituents is 1. The molecule has 2 N–H and O–H groups in total. The van der Waals surface area contributed by atoms with Gasteiger partial charge in [0.1, 0.15) is 5.75 Å². The number of nitro benzene ring substituents is 1. The number of ether oxygens (including phenoxy) is 2. The highest BCUT2D eigenvalue weighted by molar-refractivity contribution is 7.80. The van der Waals surface area contributed by atoms with Gasteiger partial charge in [-0.2, -0.15) is 0 Å². The predicted octanol–water partition coefficient (Wildman–Crippen LogP) is 1.54. The number of nitrogens with zero attached hydrogens (tertiary/aromatic N) is 1. The number of esters is 1. The Balaban J connectivity index is 2.69. The van der Waals surface area contributed by atoms with Crippen molar-refractivity contribution in [3.8, 4) is 5.75 Å². The second-order valence-corrected chi connectivity index (χ2v) is 4.58. The third kappa shape index (κ3) is 6.01. The number of benzene rings is 1. The van der Waals surface area contributed by atoms with E-state index in [0.717, 1.165) is 12.2 Å². The Hall–Kier alpha value is -3.01. The average molecular weight is 353 g/mol. The van der Waals surface area contributed by atoms with E-state index >= 15 is 0 Å². The fourth-order valence-corrected chi connectivity index (χ4v) is 1.75. The summed E-state index contributed by atoms with van der Waals surface area (Å²) in [5.41, 5.74) is 0.187. The van der Waals surface area contributed by atoms with E-state index in [9.17, 15) is 19.7 Å². The SMILES string of the molecule is CCOC(=O)/C=C/C(=O)NC(=S)Nc1ccc([N+](=O)[O-])cc1OC. The van der Waals surface area contributed by atoms with E-state index in [1.807, 2.05) is 0 Å². The Morgan fingerprint density at radius 2 is 2.08 bits per heavy atom. The van der Waals surface area contributed by atoms with Gasteiger partial charge in [-0.1, -0.05) is 0 Å². The first-order chi connectivity index (χ1) is 11.4. The third-order valence-electron chi connectivity index (χ3n) is 2.54. The van der Waals surface area contributed by atoms with Crippen LogP contribution < -0.4 is 15.4 Å². The van der Waals surface area contributed by atoms with Crippen molar-refractivity contribution in [3.63, 3.8) is 0 Å². The Morgan fingerprint density at radius 1 is 1.38 bits per heavy atom. The first kappa shape index (κ1) is 19.0. The molecule has 0 saturated carbocycles. The van der Waals surface area contributed by atoms with Gasteiger partial charge in [0, 0.05) is 18.2 Å². The molecule has 1 aromatic rings. The molecule has 0 saturated heterocycles. The van der Waals surface area contributed by atoms with Crippen LogP contribution >= 0.6 is 12.2 Å². The van der Waals surface area contributed by atoms with Crippen molar-refractivity contribution in [2.75, 3.05) is 19.0 Å². The van der Waals surface area contributed by atoms with Crippen LogP contribution in [0.3, 0.4) is 0 Å². The first-order valence-corrected chi connectivity index (χ1v) is 7.07. The second kappa shape index (κ2) is 9.20. The minimum atomic E-state index is -0.649. The van der Waals surface area contributed by atoms with Gasteiger partial charge in [0.15, 0.2) is 5.11 Å². The molecule has 0 heterocycles. The normalized spacial score (nSPS) is 10.1. The third-order valence-corrected chi connectivity index (χ3v) is 2.74. The molecular weight excluding hydrogens is 338 g/mol. The van der Waals surface area contributed by atoms with Crippen LogP contribution in [0.15, 0.2) is 30.4 Å². The maximum Gasteiger partial charge on any atom is 0.330 e. The summed E-state index contributed by atoms with van der Waals surface area (Å²) in [4.78, 5) is 32.8. The van der Waals surface area contributed by atoms with Gasteiger partial charge in [-0.15, -0.1) is 0 Å². The number of anilines is 1. The van der Waals surface area contributed by atoms with Crippen molar-refractivity contribution in [1.29, 1.82) is 0 Å². The lowest BCUT2D eigenvalue weighted by Gasteiger charge is -2.11. The van der Waals surface area contributed by atoms with E-state index < -0.39 is 16.8 Å². The molecule has 0 spiro atoms. The molecule has 128 valence electrons. The van der Waals surface area contributed by atoms with Crippen molar-refractivity contribution in [3.05, 3.63) is 40.5 Å². The maximum absolute atomic E-state index is 11.6. The summed E-state index contributed by atoms with van der Waals surface area (Å²) in [7, 11) is 1.34. The lowest BCUT2D eigenvalue weighted by atomic mass is 10.2. The molecule has 0 aromatic heterocycles. The van der Waals surface area contributed by atoms with Crippen LogP contribution in [0.2, 0.25) is 0 Å². The Kier molecular flexibility index (Phi) is 7.30. The van der Waals surface area contributed by atoms with E-state index in [4.69, 9.17) is 17.0 Å². The van der Waals surface area contributed by atoms with Gasteiger partial charge in [-0.3, -0.25) is 20.2 Å². The summed E-state index contributed by atoms with van der Waals surface area (Å²) in [5, 5.41) is 15.6. The zero-order valence-electron chi connectivity index (χ0n) is 12.9. The standard InChI is InChI=1S/C14H15N3O6S/c1-3-23-13(19)7-6-12(18)16-14(24)15-10-5-4-9(17(20)21)8-11(10)22-2/h4-8H,3H2,1-2H3,(H2,15,16,18,24)/b7-6+. The van der Waals surface area contributed by atoms with Crippen molar-refractivity contribution < 1.29 is 24.0 Å². The number of methoxy groups -OCH3 is 1. The molecule has 0 unspecified atom stereocenters. The fraction of sp³-hybridized carbons (Fsp3) is 0.214. The number of carbonyl (C=O) groups excluding carboxylic acids is 2. The number of rotatable bonds is 6. The van der Waals surface area contributed by atoms with Crippen molar-refractivity contribution in [1.82, 2.24) is 5.32 Å². The largest absolute Gasteiger partial charge is 0.494 e. The molecule has 0 fully saturated rings. The molecule has 0 aliphatic rings. The molecule has 0 radical (unpaired) electrons. The monoisotopic (exact) mass is 353 g/mol. The topological polar surface area (TPSA) is 120 Å². The molecule has 0 aliphatic carbocycles. The van der Waals surface area contributed by atoms with Crippen LogP contribution in [0.5, 0.6) is 5.75 Å². The summed E-state index contributed by atoms with van der Waals surface area (Å²) >= 11 is 4.95. The molecule has 0 atom stereocenters. The van der Waals surface area contributed by atoms with Gasteiger partial charge in [-0.25, -0.2) is 4.79 Å². The Morgan fingerprint density at radius 3 is 2.67 bits per heavy atom. The number of nitro groups is 1. The minimum absolute atomic E-state index is 0.0688. The molecular formula is C14H15N3O6S. The number of hydrogen-bond donors (Lipinski definition) is 2. The van der Waals surface area contributed by atoms with E-state index in [1.54, 1.807) is 6.92 Å². The van der Waals surface area contributed by atoms with E-state index in [1.165, 1.54) is 25.3 Å². The summed E-state index contributed by atoms with van der Waals surface area (Å²) in [6.07, 6.45) is 1.94. The highest BCUT2D eigenvalue weighted by atomic mass is 32.1. The van der Waals surface area contributed by atoms with Crippen molar-refractivity contribution in [2.24, 2.45) is 0 Å². The smallest absolute Gasteiger partial charge is 0.330 e. The van der Waals surface area contributed by atoms with Crippen LogP contribution in [0, 0.1) is 10.1 Å². The zero-order chi connectivity index (χ0) is 18.1. The highest BCUT2D eigenvalue weighted by Gasteiger charge is 2.12. The molecule has 0 bridgehead atoms. The predicted molar refractivity (Wildman–Crippen MR) is 89.8 cm³/mol. The molecule has 0 aliphatic heterocycles. The fourth-order valence-electron chi connectivity index (χ4n) is 1.54. The second-order valence-electron chi connectivity index (χ2n) is 4.17. The molecule has 1 aromatic carbocycles. The summed E-state index contributed by atoms with van der Waals surface area (Å²) < 4.78 is 9.66. The summed E-state index contributed by atoms with van der Waals surface area (Å²) in [6, 6.07) is 3.87. The quantitative estimate of drug-likeness (QED) is 0.260. The zero-order valence-corrected chi connectivity index (χ0v) is 13.7. The van der Waals surface area contributed by atoms with E-state index in [2.05, 4.69) is 15.4 Å². The van der Waals surface area contributed by atoms with Gasteiger partial charge in [-0.05, 0) is 25.2 Å². The average Bonchev–Trinajstić information content (AvgIpc) is 2.53. The number of hydrogen-bond acceptors (Lipinski definition) is 7. The van der Waals surface area contributed by atoms with Gasteiger partial charge in [0.2, 0.25) is 5.91 Å². The minimum Gasteiger partial charge on any atom is -0.494 e. The Bertz CT molecular complexity index is 689. The van der Waals surface area contributed by atoms with Gasteiger partial charge < -0.3 is 14.8 Å². The van der Waals surface area contributed by atoms with E-state index in [0.29, 0.717) is 5.69 Å². The molecule has 1 rings (SSSR count). The number of amides is 1. The van der Waals surface area contributed by atoms with Crippen LogP contribution in [-0.2, 0) is 14.3 Å². The van der Waals surface area contributed by atoms with Crippen LogP contribution in [0.4, 0.5) is 11.4 Å². The van der Waals surface area contributed by atoms with Crippen molar-refractivity contribution >= 4 is 40.6 Å². The molecule has 24 heavy (non-hydrogen) atoms. The number of nitrogens with one attached hydrogen (secondary N) is 2. The summed E-state index contributed by atoms with van der Waals surface area (Å²) in [6.45, 7) is 1.84. The van der Waals surface area contributed by atoms with Crippen molar-refractivity contribution in [2.45, 2.75) is 6.92 Å². The van der Waals surface area contributed by atoms with Gasteiger partial charge >= 0.3 is 5.97 Å². The molecule has 9 nitrogen and oxygen atoms in total. The first-order valence-electron chi connectivity index (χ1n) is 6.66. The lowest BCUT2D eigenvalue weighted by molar-refractivity contribution is -0.384. The Labute approximate surface area is 142 Å². The molecule has 1 amide bonds. The summed E-state index contributed by atoms with van der Waals surface area (Å²) in [5.74, 6) is -1.10. The molecule has 10 heteroatoms. The van der Waals surface area contributed by atoms with Crippen LogP contribution in [0.25, 0.3) is 0 Å².